The molecule has 29 heavy (non-hydrogen) atoms. The number of aryl methyl sites for hydroxylation is 3. The van der Waals surface area contributed by atoms with Crippen molar-refractivity contribution in [3.8, 4) is 5.75 Å². The summed E-state index contributed by atoms with van der Waals surface area (Å²) in [5.74, 6) is 0.565. The first-order valence-corrected chi connectivity index (χ1v) is 9.82. The van der Waals surface area contributed by atoms with Gasteiger partial charge in [-0.15, -0.1) is 0 Å². The lowest BCUT2D eigenvalue weighted by molar-refractivity contribution is 0.102. The van der Waals surface area contributed by atoms with Crippen LogP contribution in [0.3, 0.4) is 0 Å². The molecule has 0 bridgehead atoms. The zero-order valence-corrected chi connectivity index (χ0v) is 16.4. The van der Waals surface area contributed by atoms with E-state index < -0.39 is 0 Å². The number of carbonyl (C=O) groups is 1. The Hall–Kier alpha value is -3.47. The molecular formula is C24H23N3O2. The van der Waals surface area contributed by atoms with Gasteiger partial charge in [0.2, 0.25) is 5.78 Å². The van der Waals surface area contributed by atoms with Gasteiger partial charge in [-0.3, -0.25) is 9.78 Å². The topological polar surface area (TPSA) is 68.0 Å². The molecule has 0 radical (unpaired) electrons. The van der Waals surface area contributed by atoms with Gasteiger partial charge in [-0.25, -0.2) is 4.98 Å². The molecule has 0 fully saturated rings. The average Bonchev–Trinajstić information content (AvgIpc) is 3.10. The van der Waals surface area contributed by atoms with Gasteiger partial charge in [0.15, 0.2) is 5.82 Å². The van der Waals surface area contributed by atoms with E-state index >= 15 is 0 Å². The predicted octanol–water partition coefficient (Wildman–Crippen LogP) is 4.70. The molecule has 0 saturated heterocycles. The van der Waals surface area contributed by atoms with E-state index in [0.29, 0.717) is 23.8 Å². The highest BCUT2D eigenvalue weighted by Gasteiger charge is 2.19. The lowest BCUT2D eigenvalue weighted by atomic mass is 10.1. The molecule has 2 aromatic carbocycles. The molecule has 2 aromatic heterocycles. The number of hydrogen-bond donors (Lipinski definition) is 1. The Kier molecular flexibility index (Phi) is 5.38. The SMILES string of the molecule is Cc1ccc(C(=O)c2nc3ccccc3n2CCCCc2cccc(O)c2)nc1. The number of benzene rings is 2. The van der Waals surface area contributed by atoms with Gasteiger partial charge < -0.3 is 9.67 Å². The number of rotatable bonds is 7. The summed E-state index contributed by atoms with van der Waals surface area (Å²) in [5.41, 5.74) is 4.31. The van der Waals surface area contributed by atoms with Crippen molar-refractivity contribution in [3.05, 3.63) is 89.5 Å². The summed E-state index contributed by atoms with van der Waals surface area (Å²) in [6.45, 7) is 2.65. The van der Waals surface area contributed by atoms with Gasteiger partial charge in [0, 0.05) is 12.7 Å². The van der Waals surface area contributed by atoms with Crippen molar-refractivity contribution in [2.24, 2.45) is 0 Å². The summed E-state index contributed by atoms with van der Waals surface area (Å²) < 4.78 is 2.00. The number of phenolic OH excluding ortho intramolecular Hbond substituents is 1. The molecule has 0 aliphatic carbocycles. The summed E-state index contributed by atoms with van der Waals surface area (Å²) in [7, 11) is 0. The van der Waals surface area contributed by atoms with Gasteiger partial charge in [-0.2, -0.15) is 0 Å². The third kappa shape index (κ3) is 4.19. The second kappa shape index (κ2) is 8.27. The number of hydrogen-bond acceptors (Lipinski definition) is 4. The fourth-order valence-corrected chi connectivity index (χ4v) is 3.50. The smallest absolute Gasteiger partial charge is 0.246 e. The fraction of sp³-hybridized carbons (Fsp3) is 0.208. The molecule has 4 aromatic rings. The van der Waals surface area contributed by atoms with Crippen molar-refractivity contribution in [1.82, 2.24) is 14.5 Å². The number of unbranched alkanes of at least 4 members (excludes halogenated alkanes) is 1. The number of ketones is 1. The Balaban J connectivity index is 1.55. The number of phenols is 1. The third-order valence-electron chi connectivity index (χ3n) is 5.01. The van der Waals surface area contributed by atoms with Crippen LogP contribution in [0, 0.1) is 6.92 Å². The number of pyridine rings is 1. The minimum absolute atomic E-state index is 0.158. The molecule has 2 heterocycles. The molecule has 0 spiro atoms. The van der Waals surface area contributed by atoms with Crippen molar-refractivity contribution < 1.29 is 9.90 Å². The van der Waals surface area contributed by atoms with Crippen molar-refractivity contribution in [1.29, 1.82) is 0 Å². The summed E-state index contributed by atoms with van der Waals surface area (Å²) >= 11 is 0. The molecule has 0 unspecified atom stereocenters. The summed E-state index contributed by atoms with van der Waals surface area (Å²) in [4.78, 5) is 22.0. The molecule has 1 N–H and O–H groups in total. The van der Waals surface area contributed by atoms with Gasteiger partial charge >= 0.3 is 0 Å². The van der Waals surface area contributed by atoms with E-state index in [9.17, 15) is 9.90 Å². The van der Waals surface area contributed by atoms with E-state index in [1.54, 1.807) is 24.4 Å². The Morgan fingerprint density at radius 3 is 2.69 bits per heavy atom. The Morgan fingerprint density at radius 1 is 1.03 bits per heavy atom. The first kappa shape index (κ1) is 18.9. The van der Waals surface area contributed by atoms with E-state index in [2.05, 4.69) is 9.97 Å². The predicted molar refractivity (Wildman–Crippen MR) is 113 cm³/mol. The Morgan fingerprint density at radius 2 is 1.90 bits per heavy atom. The number of fused-ring (bicyclic) bond motifs is 1. The van der Waals surface area contributed by atoms with E-state index in [-0.39, 0.29) is 5.78 Å². The molecular weight excluding hydrogens is 362 g/mol. The molecule has 0 amide bonds. The number of carbonyl (C=O) groups excluding carboxylic acids is 1. The van der Waals surface area contributed by atoms with Crippen LogP contribution >= 0.6 is 0 Å². The maximum atomic E-state index is 13.1. The van der Waals surface area contributed by atoms with Crippen LogP contribution in [0.15, 0.2) is 66.9 Å². The first-order valence-electron chi connectivity index (χ1n) is 9.82. The van der Waals surface area contributed by atoms with Crippen LogP contribution in [0.25, 0.3) is 11.0 Å². The number of nitrogens with zero attached hydrogens (tertiary/aromatic N) is 3. The minimum atomic E-state index is -0.158. The minimum Gasteiger partial charge on any atom is -0.508 e. The Labute approximate surface area is 169 Å². The van der Waals surface area contributed by atoms with Crippen LogP contribution in [0.2, 0.25) is 0 Å². The molecule has 0 aliphatic heterocycles. The van der Waals surface area contributed by atoms with E-state index in [1.807, 2.05) is 54.0 Å². The number of para-hydroxylation sites is 2. The maximum absolute atomic E-state index is 13.1. The van der Waals surface area contributed by atoms with Crippen LogP contribution in [0.1, 0.15) is 40.3 Å². The Bertz CT molecular complexity index is 1150. The van der Waals surface area contributed by atoms with Crippen molar-refractivity contribution in [3.63, 3.8) is 0 Å². The summed E-state index contributed by atoms with van der Waals surface area (Å²) in [5, 5.41) is 9.61. The first-order chi connectivity index (χ1) is 14.1. The van der Waals surface area contributed by atoms with Crippen LogP contribution in [-0.2, 0) is 13.0 Å². The average molecular weight is 385 g/mol. The second-order valence-electron chi connectivity index (χ2n) is 7.25. The summed E-state index contributed by atoms with van der Waals surface area (Å²) in [6, 6.07) is 18.8. The molecule has 0 saturated carbocycles. The fourth-order valence-electron chi connectivity index (χ4n) is 3.50. The molecule has 0 aliphatic rings. The molecule has 5 nitrogen and oxygen atoms in total. The van der Waals surface area contributed by atoms with Gasteiger partial charge in [0.1, 0.15) is 11.4 Å². The highest BCUT2D eigenvalue weighted by molar-refractivity contribution is 6.07. The van der Waals surface area contributed by atoms with Crippen molar-refractivity contribution in [2.75, 3.05) is 0 Å². The molecule has 0 atom stereocenters. The van der Waals surface area contributed by atoms with Crippen molar-refractivity contribution >= 4 is 16.8 Å². The molecule has 4 rings (SSSR count). The lowest BCUT2D eigenvalue weighted by Crippen LogP contribution is -2.13. The second-order valence-corrected chi connectivity index (χ2v) is 7.25. The maximum Gasteiger partial charge on any atom is 0.246 e. The zero-order chi connectivity index (χ0) is 20.2. The number of aromatic nitrogens is 3. The molecule has 5 heteroatoms. The van der Waals surface area contributed by atoms with Gasteiger partial charge in [-0.1, -0.05) is 30.3 Å². The lowest BCUT2D eigenvalue weighted by Gasteiger charge is -2.09. The van der Waals surface area contributed by atoms with Crippen LogP contribution < -0.4 is 0 Å². The van der Waals surface area contributed by atoms with Crippen LogP contribution in [-0.4, -0.2) is 25.4 Å². The van der Waals surface area contributed by atoms with Gasteiger partial charge in [-0.05, 0) is 67.6 Å². The monoisotopic (exact) mass is 385 g/mol. The molecule has 146 valence electrons. The highest BCUT2D eigenvalue weighted by atomic mass is 16.3. The zero-order valence-electron chi connectivity index (χ0n) is 16.4. The van der Waals surface area contributed by atoms with E-state index in [1.165, 1.54) is 0 Å². The largest absolute Gasteiger partial charge is 0.508 e. The van der Waals surface area contributed by atoms with Gasteiger partial charge in [0.25, 0.3) is 0 Å². The van der Waals surface area contributed by atoms with Crippen molar-refractivity contribution in [2.45, 2.75) is 32.7 Å². The van der Waals surface area contributed by atoms with Gasteiger partial charge in [0.05, 0.1) is 11.0 Å². The number of aromatic hydroxyl groups is 1. The highest BCUT2D eigenvalue weighted by Crippen LogP contribution is 2.20. The quantitative estimate of drug-likeness (QED) is 0.370. The number of imidazole rings is 1. The van der Waals surface area contributed by atoms with Crippen LogP contribution in [0.5, 0.6) is 5.75 Å². The van der Waals surface area contributed by atoms with E-state index in [0.717, 1.165) is 41.4 Å². The standard InChI is InChI=1S/C24H23N3O2/c1-17-12-13-21(25-16-17)23(29)24-26-20-10-2-3-11-22(20)27(24)14-5-4-7-18-8-6-9-19(28)15-18/h2-3,6,8-13,15-16,28H,4-5,7,14H2,1H3. The normalized spacial score (nSPS) is 11.1. The third-order valence-corrected chi connectivity index (χ3v) is 5.01. The summed E-state index contributed by atoms with van der Waals surface area (Å²) in [6.07, 6.45) is 4.43. The van der Waals surface area contributed by atoms with E-state index in [4.69, 9.17) is 0 Å². The van der Waals surface area contributed by atoms with Crippen LogP contribution in [0.4, 0.5) is 0 Å².